The molecule has 0 aromatic heterocycles. The summed E-state index contributed by atoms with van der Waals surface area (Å²) < 4.78 is 0.688. The van der Waals surface area contributed by atoms with Gasteiger partial charge in [-0.3, -0.25) is 5.84 Å². The predicted octanol–water partition coefficient (Wildman–Crippen LogP) is -0.816. The average molecular weight is 146 g/mol. The van der Waals surface area contributed by atoms with Crippen molar-refractivity contribution in [3.8, 4) is 0 Å². The molecule has 0 aliphatic carbocycles. The maximum absolute atomic E-state index is 5.58. The lowest BCUT2D eigenvalue weighted by Crippen LogP contribution is -2.58. The second-order valence-electron chi connectivity index (χ2n) is 2.96. The molecule has 4 nitrogen and oxygen atoms in total. The standard InChI is InChI=1S/C6H16N3O/c1-9(10-2)5-3-8(7)4-6-9/h3-7H2,1-2H3/q+1. The highest BCUT2D eigenvalue weighted by Crippen LogP contribution is 2.06. The van der Waals surface area contributed by atoms with Crippen LogP contribution < -0.4 is 5.84 Å². The highest BCUT2D eigenvalue weighted by Gasteiger charge is 2.27. The van der Waals surface area contributed by atoms with E-state index < -0.39 is 0 Å². The number of nitrogens with zero attached hydrogens (tertiary/aromatic N) is 2. The minimum Gasteiger partial charge on any atom is -0.268 e. The van der Waals surface area contributed by atoms with E-state index in [-0.39, 0.29) is 0 Å². The minimum absolute atomic E-state index is 0.688. The molecule has 1 aliphatic heterocycles. The van der Waals surface area contributed by atoms with Gasteiger partial charge in [-0.05, 0) is 0 Å². The molecule has 0 bridgehead atoms. The van der Waals surface area contributed by atoms with Crippen molar-refractivity contribution in [1.82, 2.24) is 5.01 Å². The number of likely N-dealkylation sites (N-methyl/N-ethyl adjacent to an activating group) is 1. The molecule has 1 rings (SSSR count). The normalized spacial score (nSPS) is 26.7. The Morgan fingerprint density at radius 1 is 1.40 bits per heavy atom. The fourth-order valence-electron chi connectivity index (χ4n) is 1.09. The first kappa shape index (κ1) is 7.94. The molecule has 0 saturated carbocycles. The van der Waals surface area contributed by atoms with E-state index in [0.29, 0.717) is 4.65 Å². The van der Waals surface area contributed by atoms with E-state index >= 15 is 0 Å². The van der Waals surface area contributed by atoms with Crippen LogP contribution in [-0.4, -0.2) is 50.0 Å². The maximum atomic E-state index is 5.58. The molecule has 1 fully saturated rings. The van der Waals surface area contributed by atoms with Gasteiger partial charge in [-0.25, -0.2) is 9.85 Å². The van der Waals surface area contributed by atoms with Gasteiger partial charge < -0.3 is 0 Å². The minimum atomic E-state index is 0.688. The summed E-state index contributed by atoms with van der Waals surface area (Å²) in [5.74, 6) is 5.58. The second kappa shape index (κ2) is 2.84. The molecule has 0 radical (unpaired) electrons. The van der Waals surface area contributed by atoms with E-state index in [1.807, 2.05) is 5.01 Å². The van der Waals surface area contributed by atoms with Crippen molar-refractivity contribution >= 4 is 0 Å². The first-order valence-electron chi connectivity index (χ1n) is 3.56. The van der Waals surface area contributed by atoms with E-state index in [0.717, 1.165) is 26.2 Å². The monoisotopic (exact) mass is 146 g/mol. The van der Waals surface area contributed by atoms with Crippen LogP contribution in [0.4, 0.5) is 0 Å². The molecule has 0 aromatic rings. The molecule has 4 heteroatoms. The molecule has 10 heavy (non-hydrogen) atoms. The molecule has 0 unspecified atom stereocenters. The number of hydroxylamine groups is 3. The van der Waals surface area contributed by atoms with Crippen molar-refractivity contribution < 1.29 is 9.48 Å². The Hall–Kier alpha value is -0.160. The van der Waals surface area contributed by atoms with Gasteiger partial charge in [0, 0.05) is 0 Å². The molecule has 1 heterocycles. The van der Waals surface area contributed by atoms with Crippen molar-refractivity contribution in [2.45, 2.75) is 0 Å². The number of hydrogen-bond acceptors (Lipinski definition) is 3. The fraction of sp³-hybridized carbons (Fsp3) is 1.00. The Labute approximate surface area is 61.7 Å². The highest BCUT2D eigenvalue weighted by molar-refractivity contribution is 4.52. The Bertz CT molecular complexity index is 110. The van der Waals surface area contributed by atoms with Crippen molar-refractivity contribution in [2.24, 2.45) is 5.84 Å². The van der Waals surface area contributed by atoms with Crippen molar-refractivity contribution in [2.75, 3.05) is 40.3 Å². The van der Waals surface area contributed by atoms with Crippen LogP contribution in [-0.2, 0) is 4.84 Å². The lowest BCUT2D eigenvalue weighted by atomic mass is 10.4. The van der Waals surface area contributed by atoms with E-state index in [2.05, 4.69) is 7.05 Å². The lowest BCUT2D eigenvalue weighted by molar-refractivity contribution is -1.09. The van der Waals surface area contributed by atoms with Gasteiger partial charge in [0.1, 0.15) is 13.1 Å². The van der Waals surface area contributed by atoms with Gasteiger partial charge in [-0.1, -0.05) is 0 Å². The first-order valence-corrected chi connectivity index (χ1v) is 3.56. The maximum Gasteiger partial charge on any atom is 0.123 e. The van der Waals surface area contributed by atoms with Gasteiger partial charge >= 0.3 is 0 Å². The van der Waals surface area contributed by atoms with Crippen LogP contribution in [0.3, 0.4) is 0 Å². The third-order valence-electron chi connectivity index (χ3n) is 2.16. The molecule has 0 amide bonds. The number of piperazine rings is 1. The molecular formula is C6H16N3O+. The number of hydrazine groups is 1. The summed E-state index contributed by atoms with van der Waals surface area (Å²) in [7, 11) is 3.82. The van der Waals surface area contributed by atoms with Gasteiger partial charge in [0.2, 0.25) is 0 Å². The van der Waals surface area contributed by atoms with Crippen molar-refractivity contribution in [3.63, 3.8) is 0 Å². The third kappa shape index (κ3) is 1.67. The Morgan fingerprint density at radius 2 is 1.90 bits per heavy atom. The summed E-state index contributed by atoms with van der Waals surface area (Å²) in [4.78, 5) is 5.28. The lowest BCUT2D eigenvalue weighted by Gasteiger charge is -2.36. The van der Waals surface area contributed by atoms with Crippen LogP contribution in [0.5, 0.6) is 0 Å². The summed E-state index contributed by atoms with van der Waals surface area (Å²) in [6, 6.07) is 0. The molecule has 0 atom stereocenters. The number of quaternary nitrogens is 1. The second-order valence-corrected chi connectivity index (χ2v) is 2.96. The van der Waals surface area contributed by atoms with E-state index in [1.165, 1.54) is 0 Å². The number of rotatable bonds is 1. The summed E-state index contributed by atoms with van der Waals surface area (Å²) >= 11 is 0. The van der Waals surface area contributed by atoms with Crippen LogP contribution in [0.1, 0.15) is 0 Å². The van der Waals surface area contributed by atoms with Crippen LogP contribution in [0.15, 0.2) is 0 Å². The summed E-state index contributed by atoms with van der Waals surface area (Å²) in [6.07, 6.45) is 0. The average Bonchev–Trinajstić information content (AvgIpc) is 1.96. The first-order chi connectivity index (χ1) is 4.66. The predicted molar refractivity (Wildman–Crippen MR) is 38.7 cm³/mol. The smallest absolute Gasteiger partial charge is 0.123 e. The molecule has 1 aliphatic rings. The summed E-state index contributed by atoms with van der Waals surface area (Å²) in [6.45, 7) is 3.80. The molecule has 2 N–H and O–H groups in total. The Balaban J connectivity index is 2.38. The quantitative estimate of drug-likeness (QED) is 0.388. The van der Waals surface area contributed by atoms with Crippen molar-refractivity contribution in [1.29, 1.82) is 0 Å². The van der Waals surface area contributed by atoms with Crippen LogP contribution in [0.25, 0.3) is 0 Å². The van der Waals surface area contributed by atoms with Gasteiger partial charge in [-0.2, -0.15) is 4.65 Å². The zero-order valence-electron chi connectivity index (χ0n) is 6.71. The molecular weight excluding hydrogens is 130 g/mol. The van der Waals surface area contributed by atoms with E-state index in [9.17, 15) is 0 Å². The van der Waals surface area contributed by atoms with E-state index in [1.54, 1.807) is 7.11 Å². The Kier molecular flexibility index (Phi) is 2.25. The van der Waals surface area contributed by atoms with Gasteiger partial charge in [0.25, 0.3) is 0 Å². The molecule has 1 saturated heterocycles. The van der Waals surface area contributed by atoms with Crippen molar-refractivity contribution in [3.05, 3.63) is 0 Å². The molecule has 60 valence electrons. The third-order valence-corrected chi connectivity index (χ3v) is 2.16. The fourth-order valence-corrected chi connectivity index (χ4v) is 1.09. The van der Waals surface area contributed by atoms with Crippen LogP contribution >= 0.6 is 0 Å². The van der Waals surface area contributed by atoms with Gasteiger partial charge in [0.15, 0.2) is 0 Å². The van der Waals surface area contributed by atoms with Gasteiger partial charge in [0.05, 0.1) is 27.2 Å². The highest BCUT2D eigenvalue weighted by atomic mass is 16.7. The molecule has 0 aromatic carbocycles. The zero-order chi connectivity index (χ0) is 7.61. The topological polar surface area (TPSA) is 38.5 Å². The number of hydrogen-bond donors (Lipinski definition) is 1. The summed E-state index contributed by atoms with van der Waals surface area (Å²) in [5.41, 5.74) is 0. The van der Waals surface area contributed by atoms with E-state index in [4.69, 9.17) is 10.7 Å². The summed E-state index contributed by atoms with van der Waals surface area (Å²) in [5, 5.41) is 1.83. The number of nitrogens with two attached hydrogens (primary N) is 1. The van der Waals surface area contributed by atoms with Crippen LogP contribution in [0.2, 0.25) is 0 Å². The largest absolute Gasteiger partial charge is 0.268 e. The SMILES string of the molecule is CO[N+]1(C)CCN(N)CC1. The zero-order valence-corrected chi connectivity index (χ0v) is 6.71. The molecule has 0 spiro atoms. The van der Waals surface area contributed by atoms with Crippen LogP contribution in [0, 0.1) is 0 Å². The van der Waals surface area contributed by atoms with Gasteiger partial charge in [-0.15, -0.1) is 0 Å². The Morgan fingerprint density at radius 3 is 2.30 bits per heavy atom.